The van der Waals surface area contributed by atoms with Gasteiger partial charge in [-0.15, -0.1) is 10.2 Å². The standard InChI is InChI=1S/C12H13ClN4OS/c1-2-3-10-16-17-12(19-10)15-11(18)14-9-6-4-8(13)5-7-9/h4-7H,2-3H2,1H3,(H2,14,15,17,18). The highest BCUT2D eigenvalue weighted by Crippen LogP contribution is 2.17. The molecular weight excluding hydrogens is 284 g/mol. The second-order valence-electron chi connectivity index (χ2n) is 3.84. The van der Waals surface area contributed by atoms with Crippen LogP contribution in [0.15, 0.2) is 24.3 Å². The van der Waals surface area contributed by atoms with E-state index in [0.717, 1.165) is 17.8 Å². The third-order valence-corrected chi connectivity index (χ3v) is 3.40. The van der Waals surface area contributed by atoms with Gasteiger partial charge in [0.1, 0.15) is 5.01 Å². The summed E-state index contributed by atoms with van der Waals surface area (Å²) in [5, 5.41) is 15.3. The summed E-state index contributed by atoms with van der Waals surface area (Å²) in [5.74, 6) is 0. The Morgan fingerprint density at radius 1 is 1.26 bits per heavy atom. The van der Waals surface area contributed by atoms with Crippen LogP contribution < -0.4 is 10.6 Å². The minimum atomic E-state index is -0.346. The minimum absolute atomic E-state index is 0.346. The van der Waals surface area contributed by atoms with Crippen LogP contribution in [-0.4, -0.2) is 16.2 Å². The Bertz CT molecular complexity index is 555. The highest BCUT2D eigenvalue weighted by molar-refractivity contribution is 7.15. The maximum atomic E-state index is 11.7. The van der Waals surface area contributed by atoms with Crippen molar-refractivity contribution in [3.63, 3.8) is 0 Å². The normalized spacial score (nSPS) is 10.2. The van der Waals surface area contributed by atoms with Crippen molar-refractivity contribution in [2.24, 2.45) is 0 Å². The van der Waals surface area contributed by atoms with Crippen molar-refractivity contribution in [2.75, 3.05) is 10.6 Å². The smallest absolute Gasteiger partial charge is 0.308 e. The molecule has 0 bridgehead atoms. The van der Waals surface area contributed by atoms with Crippen LogP contribution in [0.2, 0.25) is 5.02 Å². The van der Waals surface area contributed by atoms with Crippen molar-refractivity contribution in [1.82, 2.24) is 10.2 Å². The van der Waals surface area contributed by atoms with Crippen LogP contribution in [-0.2, 0) is 6.42 Å². The first-order valence-corrected chi connectivity index (χ1v) is 7.03. The van der Waals surface area contributed by atoms with Gasteiger partial charge in [0.25, 0.3) is 0 Å². The molecule has 0 saturated heterocycles. The Morgan fingerprint density at radius 2 is 2.00 bits per heavy atom. The summed E-state index contributed by atoms with van der Waals surface area (Å²) in [6, 6.07) is 6.53. The third-order valence-electron chi connectivity index (χ3n) is 2.25. The molecule has 0 atom stereocenters. The number of hydrogen-bond donors (Lipinski definition) is 2. The Balaban J connectivity index is 1.91. The lowest BCUT2D eigenvalue weighted by Crippen LogP contribution is -2.19. The van der Waals surface area contributed by atoms with Crippen LogP contribution in [0, 0.1) is 0 Å². The number of halogens is 1. The number of rotatable bonds is 4. The largest absolute Gasteiger partial charge is 0.325 e. The number of aromatic nitrogens is 2. The SMILES string of the molecule is CCCc1nnc(NC(=O)Nc2ccc(Cl)cc2)s1. The number of nitrogens with zero attached hydrogens (tertiary/aromatic N) is 2. The fourth-order valence-electron chi connectivity index (χ4n) is 1.41. The number of anilines is 2. The average Bonchev–Trinajstić information content (AvgIpc) is 2.80. The number of aryl methyl sites for hydroxylation is 1. The molecule has 0 aliphatic heterocycles. The second-order valence-corrected chi connectivity index (χ2v) is 5.34. The van der Waals surface area contributed by atoms with E-state index < -0.39 is 0 Å². The van der Waals surface area contributed by atoms with E-state index in [1.807, 2.05) is 0 Å². The summed E-state index contributed by atoms with van der Waals surface area (Å²) in [6.45, 7) is 2.07. The molecule has 5 nitrogen and oxygen atoms in total. The summed E-state index contributed by atoms with van der Waals surface area (Å²) < 4.78 is 0. The quantitative estimate of drug-likeness (QED) is 0.902. The Hall–Kier alpha value is -1.66. The summed E-state index contributed by atoms with van der Waals surface area (Å²) >= 11 is 7.15. The first kappa shape index (κ1) is 13.8. The van der Waals surface area contributed by atoms with Crippen LogP contribution in [0.3, 0.4) is 0 Å². The van der Waals surface area contributed by atoms with Gasteiger partial charge in [0, 0.05) is 17.1 Å². The number of carbonyl (C=O) groups is 1. The lowest BCUT2D eigenvalue weighted by atomic mass is 10.3. The summed E-state index contributed by atoms with van der Waals surface area (Å²) in [5.41, 5.74) is 0.667. The van der Waals surface area contributed by atoms with E-state index in [2.05, 4.69) is 27.8 Å². The van der Waals surface area contributed by atoms with Gasteiger partial charge in [-0.05, 0) is 30.7 Å². The van der Waals surface area contributed by atoms with Gasteiger partial charge in [-0.25, -0.2) is 4.79 Å². The lowest BCUT2D eigenvalue weighted by Gasteiger charge is -2.04. The third kappa shape index (κ3) is 4.18. The van der Waals surface area contributed by atoms with Crippen LogP contribution in [0.1, 0.15) is 18.4 Å². The van der Waals surface area contributed by atoms with Crippen molar-refractivity contribution < 1.29 is 4.79 Å². The van der Waals surface area contributed by atoms with E-state index in [1.165, 1.54) is 11.3 Å². The summed E-state index contributed by atoms with van der Waals surface area (Å²) in [7, 11) is 0. The van der Waals surface area contributed by atoms with Crippen molar-refractivity contribution >= 4 is 39.8 Å². The minimum Gasteiger partial charge on any atom is -0.308 e. The van der Waals surface area contributed by atoms with Crippen molar-refractivity contribution in [3.05, 3.63) is 34.3 Å². The molecular formula is C12H13ClN4OS. The van der Waals surface area contributed by atoms with Gasteiger partial charge in [-0.2, -0.15) is 0 Å². The molecule has 2 N–H and O–H groups in total. The number of nitrogens with one attached hydrogen (secondary N) is 2. The molecule has 100 valence electrons. The van der Waals surface area contributed by atoms with Gasteiger partial charge in [0.2, 0.25) is 5.13 Å². The van der Waals surface area contributed by atoms with Gasteiger partial charge in [-0.3, -0.25) is 5.32 Å². The van der Waals surface area contributed by atoms with Gasteiger partial charge >= 0.3 is 6.03 Å². The van der Waals surface area contributed by atoms with E-state index in [0.29, 0.717) is 15.8 Å². The van der Waals surface area contributed by atoms with Crippen molar-refractivity contribution in [1.29, 1.82) is 0 Å². The molecule has 0 radical (unpaired) electrons. The molecule has 1 heterocycles. The van der Waals surface area contributed by atoms with Crippen molar-refractivity contribution in [2.45, 2.75) is 19.8 Å². The number of urea groups is 1. The molecule has 2 amide bonds. The fourth-order valence-corrected chi connectivity index (χ4v) is 2.37. The van der Waals surface area contributed by atoms with Gasteiger partial charge in [0.15, 0.2) is 0 Å². The molecule has 1 aromatic carbocycles. The molecule has 2 aromatic rings. The molecule has 0 aliphatic carbocycles. The van der Waals surface area contributed by atoms with Crippen LogP contribution in [0.25, 0.3) is 0 Å². The lowest BCUT2D eigenvalue weighted by molar-refractivity contribution is 0.262. The van der Waals surface area contributed by atoms with Gasteiger partial charge in [0.05, 0.1) is 0 Å². The van der Waals surface area contributed by atoms with Crippen LogP contribution >= 0.6 is 22.9 Å². The molecule has 1 aromatic heterocycles. The highest BCUT2D eigenvalue weighted by Gasteiger charge is 2.07. The summed E-state index contributed by atoms with van der Waals surface area (Å²) in [4.78, 5) is 11.7. The second kappa shape index (κ2) is 6.49. The predicted molar refractivity (Wildman–Crippen MR) is 78.0 cm³/mol. The summed E-state index contributed by atoms with van der Waals surface area (Å²) in [6.07, 6.45) is 1.88. The first-order valence-electron chi connectivity index (χ1n) is 5.83. The van der Waals surface area contributed by atoms with Gasteiger partial charge in [-0.1, -0.05) is 29.9 Å². The molecule has 0 aliphatic rings. The fraction of sp³-hybridized carbons (Fsp3) is 0.250. The predicted octanol–water partition coefficient (Wildman–Crippen LogP) is 3.79. The molecule has 7 heteroatoms. The van der Waals surface area contributed by atoms with Gasteiger partial charge < -0.3 is 5.32 Å². The highest BCUT2D eigenvalue weighted by atomic mass is 35.5. The Labute approximate surface area is 120 Å². The molecule has 0 saturated carbocycles. The maximum absolute atomic E-state index is 11.7. The van der Waals surface area contributed by atoms with Crippen LogP contribution in [0.5, 0.6) is 0 Å². The Kier molecular flexibility index (Phi) is 4.70. The van der Waals surface area contributed by atoms with Crippen molar-refractivity contribution in [3.8, 4) is 0 Å². The molecule has 0 unspecified atom stereocenters. The number of hydrogen-bond acceptors (Lipinski definition) is 4. The zero-order valence-electron chi connectivity index (χ0n) is 10.3. The molecule has 0 fully saturated rings. The van der Waals surface area contributed by atoms with Crippen LogP contribution in [0.4, 0.5) is 15.6 Å². The topological polar surface area (TPSA) is 66.9 Å². The number of carbonyl (C=O) groups excluding carboxylic acids is 1. The molecule has 19 heavy (non-hydrogen) atoms. The molecule has 2 rings (SSSR count). The van der Waals surface area contributed by atoms with E-state index in [-0.39, 0.29) is 6.03 Å². The maximum Gasteiger partial charge on any atom is 0.325 e. The monoisotopic (exact) mass is 296 g/mol. The van der Waals surface area contributed by atoms with E-state index in [1.54, 1.807) is 24.3 Å². The van der Waals surface area contributed by atoms with E-state index in [9.17, 15) is 4.79 Å². The Morgan fingerprint density at radius 3 is 2.68 bits per heavy atom. The number of benzene rings is 1. The molecule has 0 spiro atoms. The number of amides is 2. The average molecular weight is 297 g/mol. The first-order chi connectivity index (χ1) is 9.17. The zero-order chi connectivity index (χ0) is 13.7. The van der Waals surface area contributed by atoms with E-state index >= 15 is 0 Å². The van der Waals surface area contributed by atoms with E-state index in [4.69, 9.17) is 11.6 Å². The zero-order valence-corrected chi connectivity index (χ0v) is 11.9.